The Kier molecular flexibility index (Phi) is 20.3. The third kappa shape index (κ3) is 15.4. The highest BCUT2D eigenvalue weighted by Crippen LogP contribution is 2.58. The minimum Gasteiger partial charge on any atom is -0.393 e. The van der Waals surface area contributed by atoms with Gasteiger partial charge in [-0.15, -0.1) is 0 Å². The molecular weight excluding hydrogens is 343 g/mol. The normalized spacial score (nSPS) is 12.0. The van der Waals surface area contributed by atoms with E-state index >= 15 is 0 Å². The fraction of sp³-hybridized carbons (Fsp3) is 1.00. The van der Waals surface area contributed by atoms with E-state index in [4.69, 9.17) is 0 Å². The lowest BCUT2D eigenvalue weighted by Gasteiger charge is -2.25. The fourth-order valence-corrected chi connectivity index (χ4v) is 7.46. The molecule has 0 aliphatic rings. The molecule has 26 heavy (non-hydrogen) atoms. The third-order valence-corrected chi connectivity index (χ3v) is 10.4. The molecule has 0 rings (SSSR count). The lowest BCUT2D eigenvalue weighted by molar-refractivity contribution is 0.308. The molecule has 4 heteroatoms. The fourth-order valence-electron chi connectivity index (χ4n) is 3.95. The Bertz CT molecular complexity index is 257. The molecule has 0 atom stereocenters. The first-order valence-corrected chi connectivity index (χ1v) is 14.0. The van der Waals surface area contributed by atoms with Crippen molar-refractivity contribution in [3.05, 3.63) is 0 Å². The summed E-state index contributed by atoms with van der Waals surface area (Å²) in [7, 11) is -1.33. The third-order valence-electron chi connectivity index (χ3n) is 5.71. The van der Waals surface area contributed by atoms with Gasteiger partial charge in [-0.1, -0.05) is 84.0 Å². The summed E-state index contributed by atoms with van der Waals surface area (Å²) in [6.45, 7) is 2.88. The molecule has 0 spiro atoms. The van der Waals surface area contributed by atoms with Crippen LogP contribution in [-0.2, 0) is 0 Å². The average molecular weight is 392 g/mol. The van der Waals surface area contributed by atoms with E-state index < -0.39 is 7.26 Å². The highest BCUT2D eigenvalue weighted by atomic mass is 31.2. The maximum Gasteiger partial charge on any atom is 0.0827 e. The zero-order chi connectivity index (χ0) is 19.3. The van der Waals surface area contributed by atoms with Gasteiger partial charge in [-0.05, 0) is 12.8 Å². The van der Waals surface area contributed by atoms with Crippen LogP contribution in [0, 0.1) is 0 Å². The number of aliphatic hydroxyl groups excluding tert-OH is 3. The van der Waals surface area contributed by atoms with Crippen LogP contribution < -0.4 is 0 Å². The van der Waals surface area contributed by atoms with E-state index in [9.17, 15) is 15.3 Å². The van der Waals surface area contributed by atoms with Gasteiger partial charge in [-0.3, -0.25) is 0 Å². The van der Waals surface area contributed by atoms with E-state index in [-0.39, 0.29) is 19.8 Å². The van der Waals surface area contributed by atoms with Gasteiger partial charge < -0.3 is 15.3 Å². The smallest absolute Gasteiger partial charge is 0.0827 e. The Labute approximate surface area is 164 Å². The van der Waals surface area contributed by atoms with E-state index in [1.807, 2.05) is 0 Å². The Morgan fingerprint density at radius 2 is 0.731 bits per heavy atom. The molecule has 158 valence electrons. The number of hydrogen-bond acceptors (Lipinski definition) is 3. The molecule has 0 aliphatic carbocycles. The summed E-state index contributed by atoms with van der Waals surface area (Å²) in [5.41, 5.74) is 0. The predicted octanol–water partition coefficient (Wildman–Crippen LogP) is 5.46. The van der Waals surface area contributed by atoms with Crippen LogP contribution in [0.4, 0.5) is 0 Å². The molecule has 0 aromatic carbocycles. The maximum absolute atomic E-state index is 9.33. The topological polar surface area (TPSA) is 60.7 Å². The van der Waals surface area contributed by atoms with Crippen molar-refractivity contribution in [2.75, 3.05) is 44.5 Å². The lowest BCUT2D eigenvalue weighted by atomic mass is 10.0. The van der Waals surface area contributed by atoms with Crippen LogP contribution in [0.1, 0.15) is 96.8 Å². The van der Waals surface area contributed by atoms with Crippen LogP contribution >= 0.6 is 7.26 Å². The van der Waals surface area contributed by atoms with Crippen LogP contribution in [0.15, 0.2) is 0 Å². The van der Waals surface area contributed by atoms with Crippen LogP contribution in [-0.4, -0.2) is 59.8 Å². The second-order valence-electron chi connectivity index (χ2n) is 8.00. The summed E-state index contributed by atoms with van der Waals surface area (Å²) in [6.07, 6.45) is 22.8. The Hall–Kier alpha value is 0.310. The summed E-state index contributed by atoms with van der Waals surface area (Å²) in [4.78, 5) is 0. The standard InChI is InChI=1S/C22H48O3P/c1-2-3-4-5-6-7-8-9-10-11-12-13-14-15-19-26(20-16-23,21-17-24)22-18-25/h23-25H,2-22H2,1H3/q+1. The molecule has 0 amide bonds. The van der Waals surface area contributed by atoms with Gasteiger partial charge in [0.05, 0.1) is 44.5 Å². The van der Waals surface area contributed by atoms with Gasteiger partial charge in [0.15, 0.2) is 0 Å². The van der Waals surface area contributed by atoms with Crippen LogP contribution in [0.5, 0.6) is 0 Å². The van der Waals surface area contributed by atoms with E-state index in [0.717, 1.165) is 24.6 Å². The molecular formula is C22H48O3P+. The molecule has 0 fully saturated rings. The largest absolute Gasteiger partial charge is 0.393 e. The number of unbranched alkanes of at least 4 members (excludes halogenated alkanes) is 13. The first kappa shape index (κ1) is 26.3. The van der Waals surface area contributed by atoms with Gasteiger partial charge >= 0.3 is 0 Å². The Balaban J connectivity index is 3.52. The second kappa shape index (κ2) is 20.1. The number of hydrogen-bond donors (Lipinski definition) is 3. The minimum absolute atomic E-state index is 0.201. The predicted molar refractivity (Wildman–Crippen MR) is 118 cm³/mol. The molecule has 0 aromatic heterocycles. The van der Waals surface area contributed by atoms with E-state index in [1.165, 1.54) is 89.9 Å². The maximum atomic E-state index is 9.33. The number of rotatable bonds is 21. The molecule has 0 saturated carbocycles. The highest BCUT2D eigenvalue weighted by molar-refractivity contribution is 7.75. The molecule has 0 bridgehead atoms. The molecule has 0 aliphatic heterocycles. The van der Waals surface area contributed by atoms with Crippen LogP contribution in [0.3, 0.4) is 0 Å². The van der Waals surface area contributed by atoms with Crippen molar-refractivity contribution in [2.45, 2.75) is 96.8 Å². The van der Waals surface area contributed by atoms with Gasteiger partial charge in [0.2, 0.25) is 0 Å². The summed E-state index contributed by atoms with van der Waals surface area (Å²) < 4.78 is 0. The van der Waals surface area contributed by atoms with Gasteiger partial charge in [0, 0.05) is 7.26 Å². The van der Waals surface area contributed by atoms with Crippen LogP contribution in [0.2, 0.25) is 0 Å². The zero-order valence-corrected chi connectivity index (χ0v) is 18.5. The molecule has 0 unspecified atom stereocenters. The van der Waals surface area contributed by atoms with Crippen molar-refractivity contribution in [3.63, 3.8) is 0 Å². The highest BCUT2D eigenvalue weighted by Gasteiger charge is 2.34. The summed E-state index contributed by atoms with van der Waals surface area (Å²) in [5.74, 6) is 0. The second-order valence-corrected chi connectivity index (χ2v) is 12.5. The van der Waals surface area contributed by atoms with Crippen molar-refractivity contribution in [1.29, 1.82) is 0 Å². The zero-order valence-electron chi connectivity index (χ0n) is 17.6. The summed E-state index contributed by atoms with van der Waals surface area (Å²) >= 11 is 0. The molecule has 0 heterocycles. The molecule has 0 radical (unpaired) electrons. The van der Waals surface area contributed by atoms with Crippen molar-refractivity contribution in [2.24, 2.45) is 0 Å². The molecule has 3 nitrogen and oxygen atoms in total. The SMILES string of the molecule is CCCCCCCCCCCCCCCC[P+](CCO)(CCO)CCO. The first-order valence-electron chi connectivity index (χ1n) is 11.4. The minimum atomic E-state index is -1.33. The van der Waals surface area contributed by atoms with E-state index in [2.05, 4.69) is 6.92 Å². The first-order chi connectivity index (χ1) is 12.7. The quantitative estimate of drug-likeness (QED) is 0.180. The van der Waals surface area contributed by atoms with Crippen molar-refractivity contribution in [3.8, 4) is 0 Å². The Morgan fingerprint density at radius 3 is 1.04 bits per heavy atom. The monoisotopic (exact) mass is 391 g/mol. The van der Waals surface area contributed by atoms with E-state index in [0.29, 0.717) is 0 Å². The van der Waals surface area contributed by atoms with E-state index in [1.54, 1.807) is 0 Å². The van der Waals surface area contributed by atoms with Crippen molar-refractivity contribution >= 4 is 7.26 Å². The molecule has 3 N–H and O–H groups in total. The molecule has 0 saturated heterocycles. The van der Waals surface area contributed by atoms with Gasteiger partial charge in [0.1, 0.15) is 0 Å². The van der Waals surface area contributed by atoms with Gasteiger partial charge in [-0.25, -0.2) is 0 Å². The lowest BCUT2D eigenvalue weighted by Crippen LogP contribution is -2.18. The summed E-state index contributed by atoms with van der Waals surface area (Å²) in [5, 5.41) is 28.0. The average Bonchev–Trinajstić information content (AvgIpc) is 2.63. The van der Waals surface area contributed by atoms with Gasteiger partial charge in [0.25, 0.3) is 0 Å². The van der Waals surface area contributed by atoms with Crippen LogP contribution in [0.25, 0.3) is 0 Å². The molecule has 0 aromatic rings. The van der Waals surface area contributed by atoms with Gasteiger partial charge in [-0.2, -0.15) is 0 Å². The Morgan fingerprint density at radius 1 is 0.423 bits per heavy atom. The summed E-state index contributed by atoms with van der Waals surface area (Å²) in [6, 6.07) is 0. The van der Waals surface area contributed by atoms with Crippen molar-refractivity contribution < 1.29 is 15.3 Å². The number of aliphatic hydroxyl groups is 3. The van der Waals surface area contributed by atoms with Crippen molar-refractivity contribution in [1.82, 2.24) is 0 Å².